The Balaban J connectivity index is 1.80. The van der Waals surface area contributed by atoms with E-state index in [-0.39, 0.29) is 23.0 Å². The van der Waals surface area contributed by atoms with Crippen molar-refractivity contribution in [2.45, 2.75) is 18.9 Å². The maximum absolute atomic E-state index is 13.8. The molecule has 2 aromatic heterocycles. The number of rotatable bonds is 6. The van der Waals surface area contributed by atoms with Crippen LogP contribution in [0.4, 0.5) is 27.9 Å². The fourth-order valence-corrected chi connectivity index (χ4v) is 2.10. The van der Waals surface area contributed by atoms with Crippen LogP contribution in [0.15, 0.2) is 41.1 Å². The van der Waals surface area contributed by atoms with Gasteiger partial charge in [-0.2, -0.15) is 8.78 Å². The van der Waals surface area contributed by atoms with E-state index in [0.717, 1.165) is 18.5 Å². The lowest BCUT2D eigenvalue weighted by Gasteiger charge is -2.18. The first kappa shape index (κ1) is 17.7. The summed E-state index contributed by atoms with van der Waals surface area (Å²) in [5.41, 5.74) is -0.122. The number of nitrogens with one attached hydrogen (secondary N) is 1. The van der Waals surface area contributed by atoms with E-state index < -0.39 is 30.6 Å². The van der Waals surface area contributed by atoms with Crippen molar-refractivity contribution in [2.24, 2.45) is 0 Å². The highest BCUT2D eigenvalue weighted by Crippen LogP contribution is 2.27. The average molecular weight is 371 g/mol. The summed E-state index contributed by atoms with van der Waals surface area (Å²) < 4.78 is 69.9. The van der Waals surface area contributed by atoms with Crippen molar-refractivity contribution in [3.8, 4) is 11.5 Å². The second-order valence-corrected chi connectivity index (χ2v) is 5.02. The van der Waals surface area contributed by atoms with Gasteiger partial charge in [0.2, 0.25) is 5.95 Å². The van der Waals surface area contributed by atoms with Gasteiger partial charge in [0, 0.05) is 18.0 Å². The monoisotopic (exact) mass is 371 g/mol. The van der Waals surface area contributed by atoms with E-state index in [2.05, 4.69) is 25.5 Å². The molecule has 0 aliphatic heterocycles. The highest BCUT2D eigenvalue weighted by Gasteiger charge is 2.26. The van der Waals surface area contributed by atoms with Gasteiger partial charge in [0.1, 0.15) is 11.9 Å². The number of hydrogen-bond donors (Lipinski definition) is 1. The van der Waals surface area contributed by atoms with Crippen molar-refractivity contribution in [3.05, 3.63) is 53.9 Å². The number of halogens is 5. The topological polar surface area (TPSA) is 76.7 Å². The van der Waals surface area contributed by atoms with Gasteiger partial charge in [-0.15, -0.1) is 10.2 Å². The molecule has 0 aliphatic carbocycles. The first-order valence-electron chi connectivity index (χ1n) is 7.18. The summed E-state index contributed by atoms with van der Waals surface area (Å²) in [6.07, 6.45) is -3.60. The molecule has 0 saturated heterocycles. The first-order valence-corrected chi connectivity index (χ1v) is 7.18. The molecule has 0 radical (unpaired) electrons. The van der Waals surface area contributed by atoms with Crippen LogP contribution in [0.2, 0.25) is 0 Å². The number of hydrogen-bond acceptors (Lipinski definition) is 6. The minimum absolute atomic E-state index is 0.120. The zero-order chi connectivity index (χ0) is 18.7. The van der Waals surface area contributed by atoms with Crippen LogP contribution >= 0.6 is 0 Å². The van der Waals surface area contributed by atoms with Gasteiger partial charge in [-0.1, -0.05) is 18.2 Å². The van der Waals surface area contributed by atoms with Gasteiger partial charge in [0.15, 0.2) is 0 Å². The molecule has 11 heteroatoms. The van der Waals surface area contributed by atoms with E-state index in [1.54, 1.807) is 0 Å². The predicted molar refractivity (Wildman–Crippen MR) is 79.0 cm³/mol. The van der Waals surface area contributed by atoms with Crippen LogP contribution in [0.5, 0.6) is 0 Å². The maximum atomic E-state index is 13.8. The molecule has 3 aromatic rings. The summed E-state index contributed by atoms with van der Waals surface area (Å²) in [6, 6.07) is 3.42. The van der Waals surface area contributed by atoms with Gasteiger partial charge in [-0.3, -0.25) is 0 Å². The molecule has 3 rings (SSSR count). The average Bonchev–Trinajstić information content (AvgIpc) is 3.11. The largest absolute Gasteiger partial charge is 0.415 e. The highest BCUT2D eigenvalue weighted by molar-refractivity contribution is 5.50. The van der Waals surface area contributed by atoms with Crippen LogP contribution in [-0.4, -0.2) is 26.6 Å². The molecule has 1 atom stereocenters. The Hall–Kier alpha value is -3.11. The van der Waals surface area contributed by atoms with Crippen LogP contribution in [0.1, 0.15) is 23.9 Å². The van der Waals surface area contributed by atoms with E-state index in [1.807, 2.05) is 0 Å². The molecular weight excluding hydrogens is 361 g/mol. The van der Waals surface area contributed by atoms with E-state index >= 15 is 0 Å². The fourth-order valence-electron chi connectivity index (χ4n) is 2.10. The van der Waals surface area contributed by atoms with Crippen LogP contribution < -0.4 is 5.32 Å². The van der Waals surface area contributed by atoms with Crippen molar-refractivity contribution >= 4 is 5.95 Å². The lowest BCUT2D eigenvalue weighted by molar-refractivity contribution is 0.116. The number of alkyl halides is 4. The number of nitrogens with zero attached hydrogens (tertiary/aromatic N) is 4. The molecule has 2 heterocycles. The predicted octanol–water partition coefficient (Wildman–Crippen LogP) is 4.02. The summed E-state index contributed by atoms with van der Waals surface area (Å²) >= 11 is 0. The molecule has 1 N–H and O–H groups in total. The van der Waals surface area contributed by atoms with Gasteiger partial charge in [-0.05, 0) is 6.07 Å². The maximum Gasteiger partial charge on any atom is 0.314 e. The van der Waals surface area contributed by atoms with E-state index in [9.17, 15) is 22.0 Å². The minimum Gasteiger partial charge on any atom is -0.415 e. The Labute approximate surface area is 143 Å². The smallest absolute Gasteiger partial charge is 0.314 e. The quantitative estimate of drug-likeness (QED) is 0.660. The Morgan fingerprint density at radius 1 is 0.962 bits per heavy atom. The van der Waals surface area contributed by atoms with Crippen molar-refractivity contribution in [2.75, 3.05) is 5.32 Å². The Morgan fingerprint density at radius 3 is 2.23 bits per heavy atom. The van der Waals surface area contributed by atoms with Gasteiger partial charge >= 0.3 is 6.43 Å². The normalized spacial score (nSPS) is 12.6. The molecule has 0 bridgehead atoms. The van der Waals surface area contributed by atoms with E-state index in [4.69, 9.17) is 4.42 Å². The second-order valence-electron chi connectivity index (χ2n) is 5.02. The molecule has 1 aromatic carbocycles. The summed E-state index contributed by atoms with van der Waals surface area (Å²) in [4.78, 5) is 7.59. The minimum atomic E-state index is -2.93. The zero-order valence-corrected chi connectivity index (χ0v) is 12.8. The number of aromatic nitrogens is 4. The van der Waals surface area contributed by atoms with Crippen molar-refractivity contribution in [3.63, 3.8) is 0 Å². The molecule has 26 heavy (non-hydrogen) atoms. The summed E-state index contributed by atoms with van der Waals surface area (Å²) in [5.74, 6) is -2.12. The molecule has 0 amide bonds. The van der Waals surface area contributed by atoms with Crippen molar-refractivity contribution in [1.82, 2.24) is 20.2 Å². The molecule has 1 unspecified atom stereocenters. The van der Waals surface area contributed by atoms with Crippen molar-refractivity contribution < 1.29 is 26.4 Å². The van der Waals surface area contributed by atoms with Crippen LogP contribution in [0.25, 0.3) is 11.5 Å². The summed E-state index contributed by atoms with van der Waals surface area (Å²) in [6.45, 7) is 0. The fraction of sp³-hybridized carbons (Fsp3) is 0.200. The Bertz CT molecular complexity index is 871. The third kappa shape index (κ3) is 3.76. The lowest BCUT2D eigenvalue weighted by Crippen LogP contribution is -2.21. The van der Waals surface area contributed by atoms with Gasteiger partial charge in [0.05, 0.1) is 5.56 Å². The molecule has 0 fully saturated rings. The van der Waals surface area contributed by atoms with E-state index in [1.165, 1.54) is 18.2 Å². The van der Waals surface area contributed by atoms with Gasteiger partial charge in [-0.25, -0.2) is 23.1 Å². The van der Waals surface area contributed by atoms with Crippen molar-refractivity contribution in [1.29, 1.82) is 0 Å². The van der Waals surface area contributed by atoms with Crippen LogP contribution in [0.3, 0.4) is 0 Å². The molecule has 0 saturated carbocycles. The highest BCUT2D eigenvalue weighted by atomic mass is 19.3. The molecule has 0 spiro atoms. The van der Waals surface area contributed by atoms with Crippen LogP contribution in [-0.2, 0) is 0 Å². The summed E-state index contributed by atoms with van der Waals surface area (Å²) in [7, 11) is 0. The van der Waals surface area contributed by atoms with E-state index in [0.29, 0.717) is 0 Å². The second kappa shape index (κ2) is 7.42. The first-order chi connectivity index (χ1) is 12.5. The molecule has 136 valence electrons. The number of anilines is 1. The molecule has 0 aliphatic rings. The third-order valence-electron chi connectivity index (χ3n) is 3.30. The lowest BCUT2D eigenvalue weighted by atomic mass is 10.1. The standard InChI is InChI=1S/C15H10F5N5O/c16-9-4-2-1-3-8(9)10(11(17)18)23-15-21-5-7(6-22-15)13-24-25-14(26-13)12(19)20/h1-6,10-12H,(H,21,22,23). The van der Waals surface area contributed by atoms with Crippen LogP contribution in [0, 0.1) is 5.82 Å². The summed E-state index contributed by atoms with van der Waals surface area (Å²) in [5, 5.41) is 8.91. The Morgan fingerprint density at radius 2 is 1.65 bits per heavy atom. The third-order valence-corrected chi connectivity index (χ3v) is 3.30. The number of benzene rings is 1. The zero-order valence-electron chi connectivity index (χ0n) is 12.8. The Kier molecular flexibility index (Phi) is 5.05. The SMILES string of the molecule is Fc1ccccc1C(Nc1ncc(-c2nnc(C(F)F)o2)cn1)C(F)F. The molecule has 6 nitrogen and oxygen atoms in total. The van der Waals surface area contributed by atoms with Gasteiger partial charge < -0.3 is 9.73 Å². The van der Waals surface area contributed by atoms with Gasteiger partial charge in [0.25, 0.3) is 18.2 Å². The molecular formula is C15H10F5N5O.